The molecule has 1 N–H and O–H groups in total. The van der Waals surface area contributed by atoms with Crippen LogP contribution in [0.3, 0.4) is 0 Å². The van der Waals surface area contributed by atoms with Crippen LogP contribution in [0.2, 0.25) is 0 Å². The van der Waals surface area contributed by atoms with Crippen LogP contribution in [-0.2, 0) is 0 Å². The molecule has 1 rings (SSSR count). The van der Waals surface area contributed by atoms with Crippen LogP contribution in [0.5, 0.6) is 0 Å². The van der Waals surface area contributed by atoms with Crippen LogP contribution in [-0.4, -0.2) is 7.05 Å². The molecule has 0 aliphatic carbocycles. The summed E-state index contributed by atoms with van der Waals surface area (Å²) in [6.45, 7) is 0. The van der Waals surface area contributed by atoms with Gasteiger partial charge in [-0.1, -0.05) is 22.0 Å². The molecule has 1 atom stereocenters. The van der Waals surface area contributed by atoms with E-state index in [0.717, 1.165) is 10.9 Å². The Hall–Kier alpha value is -0.850. The number of benzene rings is 1. The molecule has 0 aromatic heterocycles. The van der Waals surface area contributed by atoms with Gasteiger partial charge in [-0.25, -0.2) is 4.39 Å². The molecular formula is C12H13BrFN. The van der Waals surface area contributed by atoms with Gasteiger partial charge in [0.05, 0.1) is 0 Å². The smallest absolute Gasteiger partial charge is 0.129 e. The Labute approximate surface area is 98.2 Å². The Bertz CT molecular complexity index is 350. The molecule has 80 valence electrons. The molecule has 0 fully saturated rings. The molecule has 1 unspecified atom stereocenters. The molecule has 0 amide bonds. The lowest BCUT2D eigenvalue weighted by molar-refractivity contribution is 0.512. The van der Waals surface area contributed by atoms with Crippen LogP contribution < -0.4 is 5.32 Å². The van der Waals surface area contributed by atoms with Crippen LogP contribution >= 0.6 is 15.9 Å². The molecule has 3 heteroatoms. The number of hydrogen-bond acceptors (Lipinski definition) is 1. The Morgan fingerprint density at radius 1 is 1.60 bits per heavy atom. The average molecular weight is 270 g/mol. The third-order valence-electron chi connectivity index (χ3n) is 2.27. The highest BCUT2D eigenvalue weighted by Gasteiger charge is 2.16. The third kappa shape index (κ3) is 3.05. The molecule has 0 spiro atoms. The standard InChI is InChI=1S/C12H13BrFN/c1-3-4-8-11(15-2)12-9(13)6-5-7-10(12)14/h1,5-7,11,15H,4,8H2,2H3. The van der Waals surface area contributed by atoms with E-state index >= 15 is 0 Å². The van der Waals surface area contributed by atoms with Gasteiger partial charge in [0.2, 0.25) is 0 Å². The van der Waals surface area contributed by atoms with Gasteiger partial charge in [-0.3, -0.25) is 0 Å². The van der Waals surface area contributed by atoms with Crippen molar-refractivity contribution in [1.29, 1.82) is 0 Å². The maximum absolute atomic E-state index is 13.6. The van der Waals surface area contributed by atoms with Gasteiger partial charge >= 0.3 is 0 Å². The summed E-state index contributed by atoms with van der Waals surface area (Å²) in [5, 5.41) is 3.07. The zero-order valence-electron chi connectivity index (χ0n) is 8.56. The topological polar surface area (TPSA) is 12.0 Å². The highest BCUT2D eigenvalue weighted by molar-refractivity contribution is 9.10. The Balaban J connectivity index is 2.96. The third-order valence-corrected chi connectivity index (χ3v) is 2.97. The van der Waals surface area contributed by atoms with Crippen molar-refractivity contribution in [2.45, 2.75) is 18.9 Å². The molecule has 0 heterocycles. The summed E-state index contributed by atoms with van der Waals surface area (Å²) in [5.74, 6) is 2.36. The first kappa shape index (κ1) is 12.2. The van der Waals surface area contributed by atoms with E-state index in [1.165, 1.54) is 6.07 Å². The summed E-state index contributed by atoms with van der Waals surface area (Å²) in [7, 11) is 1.81. The summed E-state index contributed by atoms with van der Waals surface area (Å²) in [6, 6.07) is 4.92. The van der Waals surface area contributed by atoms with E-state index in [4.69, 9.17) is 6.42 Å². The Kier molecular flexibility index (Phi) is 4.80. The van der Waals surface area contributed by atoms with E-state index in [1.807, 2.05) is 6.07 Å². The molecule has 0 aliphatic heterocycles. The van der Waals surface area contributed by atoms with E-state index in [-0.39, 0.29) is 11.9 Å². The first-order valence-electron chi connectivity index (χ1n) is 4.75. The van der Waals surface area contributed by atoms with Gasteiger partial charge in [-0.15, -0.1) is 12.3 Å². The highest BCUT2D eigenvalue weighted by Crippen LogP contribution is 2.28. The molecule has 0 saturated carbocycles. The maximum Gasteiger partial charge on any atom is 0.129 e. The molecule has 15 heavy (non-hydrogen) atoms. The van der Waals surface area contributed by atoms with Crippen molar-refractivity contribution in [3.63, 3.8) is 0 Å². The molecule has 0 bridgehead atoms. The summed E-state index contributed by atoms with van der Waals surface area (Å²) >= 11 is 3.35. The predicted octanol–water partition coefficient (Wildman–Crippen LogP) is 3.26. The molecule has 1 nitrogen and oxygen atoms in total. The summed E-state index contributed by atoms with van der Waals surface area (Å²) < 4.78 is 14.4. The largest absolute Gasteiger partial charge is 0.313 e. The number of rotatable bonds is 4. The van der Waals surface area contributed by atoms with Gasteiger partial charge in [-0.05, 0) is 25.6 Å². The first-order chi connectivity index (χ1) is 7.20. The number of hydrogen-bond donors (Lipinski definition) is 1. The Morgan fingerprint density at radius 2 is 2.33 bits per heavy atom. The predicted molar refractivity (Wildman–Crippen MR) is 64.0 cm³/mol. The monoisotopic (exact) mass is 269 g/mol. The van der Waals surface area contributed by atoms with Crippen LogP contribution in [0.4, 0.5) is 4.39 Å². The van der Waals surface area contributed by atoms with E-state index in [0.29, 0.717) is 12.0 Å². The summed E-state index contributed by atoms with van der Waals surface area (Å²) in [6.07, 6.45) is 6.56. The quantitative estimate of drug-likeness (QED) is 0.828. The lowest BCUT2D eigenvalue weighted by Crippen LogP contribution is -2.18. The van der Waals surface area contributed by atoms with Crippen molar-refractivity contribution < 1.29 is 4.39 Å². The number of nitrogens with one attached hydrogen (secondary N) is 1. The van der Waals surface area contributed by atoms with Gasteiger partial charge in [0.15, 0.2) is 0 Å². The molecule has 0 aliphatic rings. The number of halogens is 2. The fourth-order valence-electron chi connectivity index (χ4n) is 1.50. The minimum absolute atomic E-state index is 0.0448. The van der Waals surface area contributed by atoms with Gasteiger partial charge in [0.25, 0.3) is 0 Å². The van der Waals surface area contributed by atoms with Crippen molar-refractivity contribution in [3.05, 3.63) is 34.1 Å². The fraction of sp³-hybridized carbons (Fsp3) is 0.333. The van der Waals surface area contributed by atoms with Crippen molar-refractivity contribution in [1.82, 2.24) is 5.32 Å². The van der Waals surface area contributed by atoms with Crippen molar-refractivity contribution >= 4 is 15.9 Å². The van der Waals surface area contributed by atoms with Gasteiger partial charge < -0.3 is 5.32 Å². The van der Waals surface area contributed by atoms with Crippen LogP contribution in [0.25, 0.3) is 0 Å². The minimum Gasteiger partial charge on any atom is -0.313 e. The second-order valence-electron chi connectivity index (χ2n) is 3.22. The van der Waals surface area contributed by atoms with Crippen LogP contribution in [0.1, 0.15) is 24.4 Å². The first-order valence-corrected chi connectivity index (χ1v) is 5.54. The molecule has 0 saturated heterocycles. The van der Waals surface area contributed by atoms with Gasteiger partial charge in [0.1, 0.15) is 5.82 Å². The molecule has 1 aromatic rings. The normalized spacial score (nSPS) is 12.1. The molecular weight excluding hydrogens is 257 g/mol. The van der Waals surface area contributed by atoms with Crippen molar-refractivity contribution in [3.8, 4) is 12.3 Å². The highest BCUT2D eigenvalue weighted by atomic mass is 79.9. The number of terminal acetylenes is 1. The zero-order valence-corrected chi connectivity index (χ0v) is 10.1. The average Bonchev–Trinajstić information content (AvgIpc) is 2.22. The molecule has 1 aromatic carbocycles. The van der Waals surface area contributed by atoms with E-state index < -0.39 is 0 Å². The minimum atomic E-state index is -0.208. The van der Waals surface area contributed by atoms with Crippen LogP contribution in [0.15, 0.2) is 22.7 Å². The molecule has 0 radical (unpaired) electrons. The summed E-state index contributed by atoms with van der Waals surface area (Å²) in [5.41, 5.74) is 0.648. The maximum atomic E-state index is 13.6. The fourth-order valence-corrected chi connectivity index (χ4v) is 2.12. The van der Waals surface area contributed by atoms with Gasteiger partial charge in [0, 0.05) is 22.5 Å². The Morgan fingerprint density at radius 3 is 2.87 bits per heavy atom. The second kappa shape index (κ2) is 5.89. The summed E-state index contributed by atoms with van der Waals surface area (Å²) in [4.78, 5) is 0. The SMILES string of the molecule is C#CCCC(NC)c1c(F)cccc1Br. The van der Waals surface area contributed by atoms with E-state index in [9.17, 15) is 4.39 Å². The lowest BCUT2D eigenvalue weighted by Gasteiger charge is -2.17. The van der Waals surface area contributed by atoms with Crippen molar-refractivity contribution in [2.24, 2.45) is 0 Å². The van der Waals surface area contributed by atoms with Crippen molar-refractivity contribution in [2.75, 3.05) is 7.05 Å². The van der Waals surface area contributed by atoms with Gasteiger partial charge in [-0.2, -0.15) is 0 Å². The van der Waals surface area contributed by atoms with Crippen LogP contribution in [0, 0.1) is 18.2 Å². The lowest BCUT2D eigenvalue weighted by atomic mass is 10.0. The van der Waals surface area contributed by atoms with E-state index in [1.54, 1.807) is 13.1 Å². The zero-order chi connectivity index (χ0) is 11.3. The second-order valence-corrected chi connectivity index (χ2v) is 4.07. The van der Waals surface area contributed by atoms with E-state index in [2.05, 4.69) is 27.2 Å².